The Morgan fingerprint density at radius 1 is 1.11 bits per heavy atom. The summed E-state index contributed by atoms with van der Waals surface area (Å²) >= 11 is 1.06. The lowest BCUT2D eigenvalue weighted by atomic mass is 10.1. The third-order valence-corrected chi connectivity index (χ3v) is 3.46. The van der Waals surface area contributed by atoms with Gasteiger partial charge < -0.3 is 5.73 Å². The highest BCUT2D eigenvalue weighted by Gasteiger charge is 2.31. The van der Waals surface area contributed by atoms with Gasteiger partial charge in [-0.3, -0.25) is 0 Å². The number of hydrogen-bond donors (Lipinski definition) is 1. The van der Waals surface area contributed by atoms with Crippen LogP contribution in [0, 0.1) is 0 Å². The summed E-state index contributed by atoms with van der Waals surface area (Å²) in [6.07, 6.45) is 1.50. The van der Waals surface area contributed by atoms with Gasteiger partial charge in [-0.2, -0.15) is 0 Å². The lowest BCUT2D eigenvalue weighted by Gasteiger charge is -2.16. The number of pyridine rings is 1. The lowest BCUT2D eigenvalue weighted by Crippen LogP contribution is -2.16. The molecule has 0 aliphatic heterocycles. The highest BCUT2D eigenvalue weighted by atomic mass is 32.2. The summed E-state index contributed by atoms with van der Waals surface area (Å²) in [4.78, 5) is 4.54. The summed E-state index contributed by atoms with van der Waals surface area (Å²) in [6, 6.07) is 11.1. The molecule has 2 N–H and O–H groups in total. The van der Waals surface area contributed by atoms with Gasteiger partial charge >= 0.3 is 0 Å². The Kier molecular flexibility index (Phi) is 3.81. The largest absolute Gasteiger partial charge is 0.384 e. The van der Waals surface area contributed by atoms with Gasteiger partial charge in [0.15, 0.2) is 0 Å². The highest BCUT2D eigenvalue weighted by molar-refractivity contribution is 7.99. The zero-order chi connectivity index (χ0) is 13.0. The van der Waals surface area contributed by atoms with Gasteiger partial charge in [-0.25, -0.2) is 13.8 Å². The van der Waals surface area contributed by atoms with Gasteiger partial charge in [-0.05, 0) is 12.1 Å². The van der Waals surface area contributed by atoms with Gasteiger partial charge in [0.05, 0.1) is 5.75 Å². The van der Waals surface area contributed by atoms with Crippen LogP contribution >= 0.6 is 11.8 Å². The molecule has 5 heteroatoms. The van der Waals surface area contributed by atoms with Gasteiger partial charge in [-0.15, -0.1) is 11.8 Å². The second kappa shape index (κ2) is 5.35. The molecule has 0 fully saturated rings. The van der Waals surface area contributed by atoms with Crippen LogP contribution in [0.25, 0.3) is 0 Å². The number of benzene rings is 1. The lowest BCUT2D eigenvalue weighted by molar-refractivity contribution is 0.0232. The molecular formula is C13H12F2N2S. The number of anilines is 1. The van der Waals surface area contributed by atoms with Gasteiger partial charge in [0.25, 0.3) is 5.92 Å². The molecule has 18 heavy (non-hydrogen) atoms. The topological polar surface area (TPSA) is 38.9 Å². The number of halogens is 2. The molecule has 2 rings (SSSR count). The van der Waals surface area contributed by atoms with Crippen molar-refractivity contribution in [3.8, 4) is 0 Å². The quantitative estimate of drug-likeness (QED) is 0.860. The van der Waals surface area contributed by atoms with E-state index in [9.17, 15) is 8.78 Å². The number of nitrogens with zero attached hydrogens (tertiary/aromatic N) is 1. The fraction of sp³-hybridized carbons (Fsp3) is 0.154. The fourth-order valence-electron chi connectivity index (χ4n) is 1.42. The monoisotopic (exact) mass is 266 g/mol. The number of aromatic nitrogens is 1. The first-order valence-electron chi connectivity index (χ1n) is 5.35. The maximum absolute atomic E-state index is 13.9. The average Bonchev–Trinajstić information content (AvgIpc) is 2.39. The van der Waals surface area contributed by atoms with Gasteiger partial charge in [-0.1, -0.05) is 30.3 Å². The second-order valence-corrected chi connectivity index (χ2v) is 4.83. The van der Waals surface area contributed by atoms with Crippen LogP contribution < -0.4 is 5.73 Å². The molecule has 0 aliphatic carbocycles. The molecule has 0 spiro atoms. The van der Waals surface area contributed by atoms with Crippen molar-refractivity contribution in [2.75, 3.05) is 11.5 Å². The predicted molar refractivity (Wildman–Crippen MR) is 69.7 cm³/mol. The van der Waals surface area contributed by atoms with Crippen LogP contribution in [0.2, 0.25) is 0 Å². The Balaban J connectivity index is 2.03. The predicted octanol–water partition coefficient (Wildman–Crippen LogP) is 3.55. The summed E-state index contributed by atoms with van der Waals surface area (Å²) in [5.41, 5.74) is 5.46. The van der Waals surface area contributed by atoms with Crippen molar-refractivity contribution in [3.63, 3.8) is 0 Å². The average molecular weight is 266 g/mol. The molecule has 0 amide bonds. The molecule has 0 bridgehead atoms. The molecule has 0 saturated carbocycles. The SMILES string of the molecule is Nc1ccc(SCC(F)(F)c2ccccc2)cn1. The third kappa shape index (κ3) is 3.20. The first kappa shape index (κ1) is 12.8. The Morgan fingerprint density at radius 3 is 2.44 bits per heavy atom. The molecule has 1 aromatic carbocycles. The summed E-state index contributed by atoms with van der Waals surface area (Å²) in [6.45, 7) is 0. The number of nitrogens with two attached hydrogens (primary N) is 1. The number of alkyl halides is 2. The minimum Gasteiger partial charge on any atom is -0.384 e. The van der Waals surface area contributed by atoms with Crippen molar-refractivity contribution >= 4 is 17.6 Å². The van der Waals surface area contributed by atoms with Gasteiger partial charge in [0.1, 0.15) is 5.82 Å². The molecule has 0 radical (unpaired) electrons. The standard InChI is InChI=1S/C13H12F2N2S/c14-13(15,10-4-2-1-3-5-10)9-18-11-6-7-12(16)17-8-11/h1-8H,9H2,(H2,16,17). The number of nitrogen functional groups attached to an aromatic ring is 1. The van der Waals surface area contributed by atoms with E-state index >= 15 is 0 Å². The normalized spacial score (nSPS) is 11.4. The molecule has 0 unspecified atom stereocenters. The molecule has 1 aromatic heterocycles. The first-order valence-corrected chi connectivity index (χ1v) is 6.34. The third-order valence-electron chi connectivity index (χ3n) is 2.38. The van der Waals surface area contributed by atoms with Crippen LogP contribution in [0.15, 0.2) is 53.6 Å². The van der Waals surface area contributed by atoms with E-state index in [1.54, 1.807) is 30.3 Å². The molecule has 2 aromatic rings. The summed E-state index contributed by atoms with van der Waals surface area (Å²) < 4.78 is 27.7. The molecule has 0 aliphatic rings. The maximum atomic E-state index is 13.9. The Bertz CT molecular complexity index is 500. The van der Waals surface area contributed by atoms with E-state index in [4.69, 9.17) is 5.73 Å². The van der Waals surface area contributed by atoms with Gasteiger partial charge in [0, 0.05) is 16.7 Å². The highest BCUT2D eigenvalue weighted by Crippen LogP contribution is 2.34. The van der Waals surface area contributed by atoms with E-state index in [0.29, 0.717) is 10.7 Å². The zero-order valence-corrected chi connectivity index (χ0v) is 10.3. The van der Waals surface area contributed by atoms with Crippen molar-refractivity contribution < 1.29 is 8.78 Å². The summed E-state index contributed by atoms with van der Waals surface area (Å²) in [7, 11) is 0. The number of thioether (sulfide) groups is 1. The van der Waals surface area contributed by atoms with Crippen LogP contribution in [-0.4, -0.2) is 10.7 Å². The number of hydrogen-bond acceptors (Lipinski definition) is 3. The van der Waals surface area contributed by atoms with E-state index in [1.165, 1.54) is 18.3 Å². The van der Waals surface area contributed by atoms with Crippen LogP contribution in [0.3, 0.4) is 0 Å². The van der Waals surface area contributed by atoms with Crippen molar-refractivity contribution in [2.45, 2.75) is 10.8 Å². The van der Waals surface area contributed by atoms with Gasteiger partial charge in [0.2, 0.25) is 0 Å². The Morgan fingerprint density at radius 2 is 1.83 bits per heavy atom. The Labute approximate surface area is 108 Å². The number of rotatable bonds is 4. The molecule has 0 saturated heterocycles. The van der Waals surface area contributed by atoms with E-state index in [0.717, 1.165) is 11.8 Å². The molecular weight excluding hydrogens is 254 g/mol. The van der Waals surface area contributed by atoms with E-state index in [2.05, 4.69) is 4.98 Å². The fourth-order valence-corrected chi connectivity index (χ4v) is 2.22. The van der Waals surface area contributed by atoms with Crippen LogP contribution in [0.1, 0.15) is 5.56 Å². The van der Waals surface area contributed by atoms with E-state index < -0.39 is 5.92 Å². The first-order chi connectivity index (χ1) is 8.58. The van der Waals surface area contributed by atoms with E-state index in [-0.39, 0.29) is 11.3 Å². The van der Waals surface area contributed by atoms with Crippen molar-refractivity contribution in [1.29, 1.82) is 0 Å². The molecule has 94 valence electrons. The van der Waals surface area contributed by atoms with Crippen LogP contribution in [0.5, 0.6) is 0 Å². The van der Waals surface area contributed by atoms with E-state index in [1.807, 2.05) is 0 Å². The molecule has 0 atom stereocenters. The smallest absolute Gasteiger partial charge is 0.282 e. The Hall–Kier alpha value is -1.62. The van der Waals surface area contributed by atoms with Crippen molar-refractivity contribution in [1.82, 2.24) is 4.98 Å². The minimum absolute atomic E-state index is 0.0286. The second-order valence-electron chi connectivity index (χ2n) is 3.78. The zero-order valence-electron chi connectivity index (χ0n) is 9.51. The maximum Gasteiger partial charge on any atom is 0.282 e. The molecule has 1 heterocycles. The van der Waals surface area contributed by atoms with Crippen molar-refractivity contribution in [3.05, 3.63) is 54.2 Å². The molecule has 2 nitrogen and oxygen atoms in total. The summed E-state index contributed by atoms with van der Waals surface area (Å²) in [5.74, 6) is -2.79. The van der Waals surface area contributed by atoms with Crippen molar-refractivity contribution in [2.24, 2.45) is 0 Å². The summed E-state index contributed by atoms with van der Waals surface area (Å²) in [5, 5.41) is 0. The van der Waals surface area contributed by atoms with Crippen LogP contribution in [0.4, 0.5) is 14.6 Å². The minimum atomic E-state index is -2.85. The van der Waals surface area contributed by atoms with Crippen LogP contribution in [-0.2, 0) is 5.92 Å².